The Morgan fingerprint density at radius 1 is 0.470 bits per heavy atom. The summed E-state index contributed by atoms with van der Waals surface area (Å²) in [5, 5.41) is 25.8. The van der Waals surface area contributed by atoms with Crippen LogP contribution in [0.15, 0.2) is 197 Å². The smallest absolute Gasteiger partial charge is 0.306 e. The number of esters is 1. The van der Waals surface area contributed by atoms with Crippen molar-refractivity contribution in [2.24, 2.45) is 5.73 Å². The summed E-state index contributed by atoms with van der Waals surface area (Å²) >= 11 is 11.7. The maximum Gasteiger partial charge on any atom is 0.306 e. The van der Waals surface area contributed by atoms with Gasteiger partial charge in [0.15, 0.2) is 5.78 Å². The molecule has 4 atom stereocenters. The molecule has 12 N–H and O–H groups in total. The van der Waals surface area contributed by atoms with Gasteiger partial charge in [-0.05, 0) is 163 Å². The Hall–Kier alpha value is -10.3. The fraction of sp³-hybridized carbons (Fsp3) is 0.289. The monoisotopic (exact) mass is 2020 g/mol. The van der Waals surface area contributed by atoms with Gasteiger partial charge in [-0.3, -0.25) is 31.2 Å². The Balaban J connectivity index is 0.000000152. The Morgan fingerprint density at radius 2 is 0.806 bits per heavy atom. The lowest BCUT2D eigenvalue weighted by molar-refractivity contribution is -0.145. The Morgan fingerprint density at radius 3 is 1.11 bits per heavy atom. The van der Waals surface area contributed by atoms with E-state index in [1.807, 2.05) is 150 Å². The molecular formula is C97H105N15O10S12. The number of aliphatic hydroxyl groups is 1. The van der Waals surface area contributed by atoms with Crippen LogP contribution in [0.4, 0.5) is 22.7 Å². The minimum atomic E-state index is -1.18. The second kappa shape index (κ2) is 49.4. The number of carbonyl (C=O) groups excluding carboxylic acids is 3. The van der Waals surface area contributed by atoms with E-state index in [4.69, 9.17) is 63.2 Å². The van der Waals surface area contributed by atoms with Gasteiger partial charge in [-0.2, -0.15) is 0 Å². The van der Waals surface area contributed by atoms with Crippen molar-refractivity contribution in [3.8, 4) is 93.1 Å². The quantitative estimate of drug-likeness (QED) is 0.0138. The number of fused-ring (bicyclic) bond motifs is 4. The average Bonchev–Trinajstić information content (AvgIpc) is 1.62. The van der Waals surface area contributed by atoms with E-state index in [2.05, 4.69) is 59.5 Å². The van der Waals surface area contributed by atoms with E-state index < -0.39 is 43.2 Å². The highest BCUT2D eigenvalue weighted by Crippen LogP contribution is 2.49. The second-order valence-corrected chi connectivity index (χ2v) is 45.7. The maximum absolute atomic E-state index is 13.0. The molecule has 16 rings (SSSR count). The van der Waals surface area contributed by atoms with Crippen LogP contribution in [-0.2, 0) is 70.7 Å². The van der Waals surface area contributed by atoms with Crippen LogP contribution in [0, 0.1) is 0 Å². The van der Waals surface area contributed by atoms with Crippen LogP contribution >= 0.6 is 90.7 Å². The Bertz CT molecular complexity index is 6770. The number of nitrogens with one attached hydrogen (secondary N) is 1. The minimum absolute atomic E-state index is 0.0330. The van der Waals surface area contributed by atoms with Crippen molar-refractivity contribution < 1.29 is 45.8 Å². The summed E-state index contributed by atoms with van der Waals surface area (Å²) in [5.41, 5.74) is 47.1. The number of unbranched alkanes of at least 4 members (excludes halogenated alkanes) is 4. The fourth-order valence-corrected chi connectivity index (χ4v) is 27.6. The van der Waals surface area contributed by atoms with Gasteiger partial charge in [0.25, 0.3) is 5.91 Å². The first-order valence-electron chi connectivity index (χ1n) is 43.6. The molecule has 0 saturated heterocycles. The molecule has 0 aliphatic carbocycles. The number of benzene rings is 4. The number of hydrogen-bond acceptors (Lipinski definition) is 32. The number of amides is 1. The summed E-state index contributed by atoms with van der Waals surface area (Å²) in [6.45, 7) is 13.7. The Kier molecular flexibility index (Phi) is 37.3. The zero-order valence-electron chi connectivity index (χ0n) is 74.9. The normalized spacial score (nSPS) is 12.2. The molecule has 0 aliphatic heterocycles. The van der Waals surface area contributed by atoms with E-state index in [0.717, 1.165) is 208 Å². The van der Waals surface area contributed by atoms with Gasteiger partial charge in [0.2, 0.25) is 0 Å². The molecule has 0 spiro atoms. The topological polar surface area (TPSA) is 407 Å². The molecule has 0 radical (unpaired) electrons. The molecule has 16 aromatic rings. The first kappa shape index (κ1) is 101. The van der Waals surface area contributed by atoms with Crippen molar-refractivity contribution in [1.82, 2.24) is 50.1 Å². The molecule has 700 valence electrons. The van der Waals surface area contributed by atoms with E-state index in [1.54, 1.807) is 54.3 Å². The van der Waals surface area contributed by atoms with Gasteiger partial charge < -0.3 is 53.5 Å². The van der Waals surface area contributed by atoms with Crippen LogP contribution in [0.1, 0.15) is 126 Å². The number of carbonyl (C=O) groups is 3. The van der Waals surface area contributed by atoms with Crippen LogP contribution in [0.2, 0.25) is 0 Å². The number of nitrogens with two attached hydrogens (primary N) is 5. The standard InChI is InChI=1S/C27H32N4O3S3.C26H27N3O3S3.C23H24N4O3S3.C21H22N4OS3/c1-4-5-15-37(33)27-24(28)23-20(16-21(30-26(23)36-27)25-29-12-14-35-25)19-10-8-18(9-11-19)17-34-22(32)7-6-13-31(2)3;1-3-5-7-18(30)16-32-19-10-8-17(9-11-19)20-15-21(24-28-12-13-33-24)29-25-22(20)23(27)26(34-25)35(31)14-6-4-2;1-2-3-12-33(30)23-19(24)18-16(13-17(27-22(18)32-23)21-26-9-11-31-21)14-4-6-15(7-5-14)20(29)25-8-10-28;1-2-3-10-29(26)21-18(23)17-15(14-6-4-13(12-22)5-7-14)11-16(25-20(17)28-21)19-24-8-9-27-19/h8-12,14,16H,4-7,13,15,17,28H2,1-3H3;3,8-13,15H,1,4-7,14,16,27H2,2H3;4-7,9,11,13,28H,2-3,8,10,12,24H2,1H3,(H,25,29);4-9,11H,2-3,10,12,22-23H2,1H3. The predicted molar refractivity (Wildman–Crippen MR) is 562 cm³/mol. The number of nitrogen functional groups attached to an aromatic ring is 4. The summed E-state index contributed by atoms with van der Waals surface area (Å²) in [7, 11) is -0.656. The van der Waals surface area contributed by atoms with Crippen molar-refractivity contribution >= 4 is 215 Å². The second-order valence-electron chi connectivity index (χ2n) is 31.0. The van der Waals surface area contributed by atoms with Crippen molar-refractivity contribution in [1.29, 1.82) is 0 Å². The molecule has 0 fully saturated rings. The zero-order valence-corrected chi connectivity index (χ0v) is 84.7. The first-order chi connectivity index (χ1) is 65.0. The number of pyridine rings is 4. The molecule has 0 aliphatic rings. The van der Waals surface area contributed by atoms with Crippen LogP contribution < -0.4 is 38.7 Å². The molecule has 12 aromatic heterocycles. The van der Waals surface area contributed by atoms with Gasteiger partial charge in [0.05, 0.1) is 72.6 Å². The van der Waals surface area contributed by atoms with Crippen LogP contribution in [0.5, 0.6) is 5.75 Å². The molecule has 4 aromatic carbocycles. The van der Waals surface area contributed by atoms with Crippen molar-refractivity contribution in [2.75, 3.05) is 86.3 Å². The third-order valence-electron chi connectivity index (χ3n) is 21.0. The van der Waals surface area contributed by atoms with Gasteiger partial charge in [-0.1, -0.05) is 132 Å². The van der Waals surface area contributed by atoms with Crippen LogP contribution in [0.25, 0.3) is 128 Å². The number of ketones is 1. The number of nitrogens with zero attached hydrogens (tertiary/aromatic N) is 9. The lowest BCUT2D eigenvalue weighted by Crippen LogP contribution is -2.26. The number of anilines is 4. The van der Waals surface area contributed by atoms with Crippen LogP contribution in [0.3, 0.4) is 0 Å². The Labute approximate surface area is 820 Å². The van der Waals surface area contributed by atoms with Gasteiger partial charge in [-0.15, -0.1) is 97.3 Å². The van der Waals surface area contributed by atoms with E-state index >= 15 is 0 Å². The molecular weight excluding hydrogens is 1920 g/mol. The number of aromatic nitrogens is 8. The van der Waals surface area contributed by atoms with Crippen molar-refractivity contribution in [3.05, 3.63) is 197 Å². The number of aliphatic hydroxyl groups excluding tert-OH is 1. The molecule has 37 heteroatoms. The molecule has 134 heavy (non-hydrogen) atoms. The largest absolute Gasteiger partial charge is 0.486 e. The molecule has 0 saturated carbocycles. The highest BCUT2D eigenvalue weighted by atomic mass is 32.2. The average molecular weight is 2030 g/mol. The summed E-state index contributed by atoms with van der Waals surface area (Å²) in [6, 6.07) is 38.8. The van der Waals surface area contributed by atoms with Crippen LogP contribution in [-0.4, -0.2) is 148 Å². The number of ether oxygens (including phenoxy) is 2. The van der Waals surface area contributed by atoms with Gasteiger partial charge in [0, 0.05) is 122 Å². The number of thiazole rings is 4. The first-order valence-corrected chi connectivity index (χ1v) is 55.7. The van der Waals surface area contributed by atoms with Gasteiger partial charge in [0.1, 0.15) is 97.9 Å². The van der Waals surface area contributed by atoms with Gasteiger partial charge >= 0.3 is 5.97 Å². The van der Waals surface area contributed by atoms with E-state index in [9.17, 15) is 31.2 Å². The summed E-state index contributed by atoms with van der Waals surface area (Å²) in [6.07, 6.45) is 18.5. The predicted octanol–water partition coefficient (Wildman–Crippen LogP) is 21.8. The van der Waals surface area contributed by atoms with E-state index in [-0.39, 0.29) is 44.0 Å². The maximum atomic E-state index is 13.0. The SMILES string of the molecule is C=CCCC(=O)COc1ccc(-c2cc(-c3nccs3)nc3sc(S(=O)CCCC)c(N)c23)cc1.CCCCS(=O)c1sc2nc(-c3nccs3)cc(-c3ccc(C(=O)NCCO)cc3)c2c1N.CCCCS(=O)c1sc2nc(-c3nccs3)cc(-c3ccc(CN)cc3)c2c1N.CCCCS(=O)c1sc2nc(-c3nccs3)cc(-c3ccc(COC(=O)CCCN(C)C)cc3)c2c1N. The number of Topliss-reactive ketones (excluding diaryl/α,β-unsaturated/α-hetero) is 1. The third-order valence-corrected chi connectivity index (χ3v) is 36.2. The summed E-state index contributed by atoms with van der Waals surface area (Å²) < 4.78 is 65.5. The molecule has 12 heterocycles. The highest BCUT2D eigenvalue weighted by molar-refractivity contribution is 7.88. The number of rotatable bonds is 40. The third kappa shape index (κ3) is 25.5. The molecule has 0 bridgehead atoms. The molecule has 4 unspecified atom stereocenters. The zero-order chi connectivity index (χ0) is 94.9. The summed E-state index contributed by atoms with van der Waals surface area (Å²) in [4.78, 5) is 78.2. The molecule has 1 amide bonds. The number of thiophene rings is 4. The van der Waals surface area contributed by atoms with Crippen molar-refractivity contribution in [3.63, 3.8) is 0 Å². The minimum Gasteiger partial charge on any atom is -0.486 e. The number of allylic oxidation sites excluding steroid dienone is 1. The van der Waals surface area contributed by atoms with E-state index in [1.165, 1.54) is 79.4 Å². The van der Waals surface area contributed by atoms with Crippen molar-refractivity contribution in [2.45, 2.75) is 135 Å². The van der Waals surface area contributed by atoms with E-state index in [0.29, 0.717) is 95.5 Å². The lowest BCUT2D eigenvalue weighted by atomic mass is 10.0. The highest BCUT2D eigenvalue weighted by Gasteiger charge is 2.28. The summed E-state index contributed by atoms with van der Waals surface area (Å²) in [5.74, 6) is 2.57. The number of hydrogen-bond donors (Lipinski definition) is 7. The molecule has 25 nitrogen and oxygen atoms in total. The fourth-order valence-electron chi connectivity index (χ4n) is 14.0. The van der Waals surface area contributed by atoms with Gasteiger partial charge in [-0.25, -0.2) is 39.9 Å². The lowest BCUT2D eigenvalue weighted by Gasteiger charge is -2.10.